The van der Waals surface area contributed by atoms with Gasteiger partial charge in [0.2, 0.25) is 11.4 Å². The van der Waals surface area contributed by atoms with Gasteiger partial charge in [-0.1, -0.05) is 5.16 Å². The lowest BCUT2D eigenvalue weighted by atomic mass is 10.1. The Bertz CT molecular complexity index is 1050. The minimum atomic E-state index is -1.22. The van der Waals surface area contributed by atoms with Crippen molar-refractivity contribution in [1.82, 2.24) is 10.1 Å². The fourth-order valence-electron chi connectivity index (χ4n) is 3.39. The maximum atomic E-state index is 14.6. The van der Waals surface area contributed by atoms with Crippen LogP contribution >= 0.6 is 0 Å². The predicted octanol–water partition coefficient (Wildman–Crippen LogP) is 3.24. The Kier molecular flexibility index (Phi) is 3.95. The number of amides is 1. The minimum Gasteiger partial charge on any atom is -0.447 e. The average molecular weight is 389 g/mol. The zero-order valence-corrected chi connectivity index (χ0v) is 14.3. The third-order valence-corrected chi connectivity index (χ3v) is 4.72. The highest BCUT2D eigenvalue weighted by atomic mass is 19.2. The number of carbonyl (C=O) groups excluding carboxylic acids is 1. The molecule has 2 fully saturated rings. The number of nitrogens with zero attached hydrogens (tertiary/aromatic N) is 3. The van der Waals surface area contributed by atoms with Crippen LogP contribution in [0.2, 0.25) is 0 Å². The zero-order valence-electron chi connectivity index (χ0n) is 14.3. The van der Waals surface area contributed by atoms with Crippen molar-refractivity contribution >= 4 is 22.9 Å². The smallest absolute Gasteiger partial charge is 0.416 e. The molecular formula is C18H13F2N3O5. The van der Waals surface area contributed by atoms with Gasteiger partial charge in [0, 0.05) is 18.0 Å². The second-order valence-corrected chi connectivity index (χ2v) is 6.29. The summed E-state index contributed by atoms with van der Waals surface area (Å²) in [7, 11) is 0. The molecule has 2 aliphatic heterocycles. The fraction of sp³-hybridized carbons (Fsp3) is 0.278. The summed E-state index contributed by atoms with van der Waals surface area (Å²) >= 11 is 0. The molecule has 10 heteroatoms. The van der Waals surface area contributed by atoms with Gasteiger partial charge in [-0.2, -0.15) is 4.39 Å². The third kappa shape index (κ3) is 2.53. The van der Waals surface area contributed by atoms with Crippen LogP contribution in [-0.4, -0.2) is 36.1 Å². The van der Waals surface area contributed by atoms with Crippen LogP contribution in [0.5, 0.6) is 0 Å². The molecule has 28 heavy (non-hydrogen) atoms. The highest BCUT2D eigenvalue weighted by Crippen LogP contribution is 2.40. The highest BCUT2D eigenvalue weighted by molar-refractivity contribution is 6.00. The second-order valence-electron chi connectivity index (χ2n) is 6.29. The summed E-state index contributed by atoms with van der Waals surface area (Å²) in [6.07, 6.45) is 1.46. The third-order valence-electron chi connectivity index (χ3n) is 4.72. The van der Waals surface area contributed by atoms with Gasteiger partial charge in [-0.3, -0.25) is 4.98 Å². The monoisotopic (exact) mass is 389 g/mol. The van der Waals surface area contributed by atoms with E-state index in [1.165, 1.54) is 11.0 Å². The number of pyridine rings is 1. The maximum Gasteiger partial charge on any atom is 0.416 e. The maximum absolute atomic E-state index is 14.6. The number of carbonyl (C=O) groups is 1. The molecule has 0 spiro atoms. The van der Waals surface area contributed by atoms with Gasteiger partial charge in [-0.15, -0.1) is 0 Å². The number of ether oxygens (including phenoxy) is 3. The van der Waals surface area contributed by atoms with E-state index in [2.05, 4.69) is 10.1 Å². The number of hydrogen-bond acceptors (Lipinski definition) is 7. The summed E-state index contributed by atoms with van der Waals surface area (Å²) in [5.74, 6) is -2.34. The van der Waals surface area contributed by atoms with Crippen LogP contribution in [0.3, 0.4) is 0 Å². The van der Waals surface area contributed by atoms with Gasteiger partial charge in [-0.05, 0) is 23.8 Å². The summed E-state index contributed by atoms with van der Waals surface area (Å²) < 4.78 is 49.8. The van der Waals surface area contributed by atoms with E-state index in [9.17, 15) is 13.6 Å². The molecule has 2 aliphatic rings. The summed E-state index contributed by atoms with van der Waals surface area (Å²) in [5, 5.41) is 3.94. The molecular weight excluding hydrogens is 376 g/mol. The van der Waals surface area contributed by atoms with E-state index >= 15 is 0 Å². The van der Waals surface area contributed by atoms with Gasteiger partial charge >= 0.3 is 6.09 Å². The number of benzene rings is 1. The molecule has 0 N–H and O–H groups in total. The van der Waals surface area contributed by atoms with Gasteiger partial charge in [0.1, 0.15) is 12.6 Å². The van der Waals surface area contributed by atoms with E-state index in [0.29, 0.717) is 0 Å². The first kappa shape index (κ1) is 17.0. The first-order valence-corrected chi connectivity index (χ1v) is 8.51. The number of halogens is 2. The highest BCUT2D eigenvalue weighted by Gasteiger charge is 2.39. The number of aromatic nitrogens is 2. The summed E-state index contributed by atoms with van der Waals surface area (Å²) in [5.41, 5.74) is 0.227. The molecule has 144 valence electrons. The molecule has 1 atom stereocenters. The minimum absolute atomic E-state index is 0.0254. The SMILES string of the molecule is O=C1OCC(c2ccncc2)N1c1noc2c(F)c(F)c(C3OCCO3)cc12. The molecule has 8 nitrogen and oxygen atoms in total. The predicted molar refractivity (Wildman–Crippen MR) is 89.4 cm³/mol. The van der Waals surface area contributed by atoms with Crippen LogP contribution in [0, 0.1) is 11.6 Å². The Hall–Kier alpha value is -3.11. The van der Waals surface area contributed by atoms with E-state index in [4.69, 9.17) is 18.7 Å². The van der Waals surface area contributed by atoms with Crippen LogP contribution in [0.1, 0.15) is 23.5 Å². The van der Waals surface area contributed by atoms with E-state index in [1.807, 2.05) is 0 Å². The number of cyclic esters (lactones) is 1. The van der Waals surface area contributed by atoms with Crippen molar-refractivity contribution in [2.24, 2.45) is 0 Å². The van der Waals surface area contributed by atoms with Crippen molar-refractivity contribution in [3.8, 4) is 0 Å². The van der Waals surface area contributed by atoms with Gasteiger partial charge in [0.15, 0.2) is 17.9 Å². The second kappa shape index (κ2) is 6.50. The van der Waals surface area contributed by atoms with Crippen molar-refractivity contribution in [2.75, 3.05) is 24.7 Å². The van der Waals surface area contributed by atoms with Crippen LogP contribution < -0.4 is 4.90 Å². The molecule has 0 saturated carbocycles. The van der Waals surface area contributed by atoms with Gasteiger partial charge in [-0.25, -0.2) is 14.1 Å². The molecule has 5 rings (SSSR count). The van der Waals surface area contributed by atoms with E-state index in [0.717, 1.165) is 5.56 Å². The summed E-state index contributed by atoms with van der Waals surface area (Å²) in [4.78, 5) is 17.6. The number of anilines is 1. The van der Waals surface area contributed by atoms with Crippen LogP contribution in [0.25, 0.3) is 11.0 Å². The molecule has 4 heterocycles. The van der Waals surface area contributed by atoms with Gasteiger partial charge in [0.05, 0.1) is 18.6 Å². The standard InChI is InChI=1S/C18H13F2N3O5/c19-13-10(17-25-5-6-26-17)7-11-15(14(13)20)28-22-16(11)23-12(8-27-18(23)24)9-1-3-21-4-2-9/h1-4,7,12,17H,5-6,8H2. The average Bonchev–Trinajstić information content (AvgIpc) is 3.45. The van der Waals surface area contributed by atoms with Crippen LogP contribution in [0.4, 0.5) is 19.4 Å². The summed E-state index contributed by atoms with van der Waals surface area (Å²) in [6, 6.07) is 4.27. The number of fused-ring (bicyclic) bond motifs is 1. The molecule has 3 aromatic rings. The molecule has 1 amide bonds. The first-order valence-electron chi connectivity index (χ1n) is 8.51. The first-order chi connectivity index (χ1) is 13.6. The molecule has 0 bridgehead atoms. The quantitative estimate of drug-likeness (QED) is 0.680. The van der Waals surface area contributed by atoms with Crippen molar-refractivity contribution < 1.29 is 32.3 Å². The summed E-state index contributed by atoms with van der Waals surface area (Å²) in [6.45, 7) is 0.605. The molecule has 1 unspecified atom stereocenters. The number of hydrogen-bond donors (Lipinski definition) is 0. The number of rotatable bonds is 3. The Morgan fingerprint density at radius 1 is 1.11 bits per heavy atom. The Balaban J connectivity index is 1.65. The van der Waals surface area contributed by atoms with Crippen LogP contribution in [0.15, 0.2) is 35.1 Å². The van der Waals surface area contributed by atoms with Crippen molar-refractivity contribution in [3.63, 3.8) is 0 Å². The van der Waals surface area contributed by atoms with Crippen molar-refractivity contribution in [3.05, 3.63) is 53.4 Å². The van der Waals surface area contributed by atoms with E-state index < -0.39 is 35.6 Å². The fourth-order valence-corrected chi connectivity index (χ4v) is 3.39. The van der Waals surface area contributed by atoms with Gasteiger partial charge in [0.25, 0.3) is 0 Å². The van der Waals surface area contributed by atoms with Crippen molar-refractivity contribution in [1.29, 1.82) is 0 Å². The zero-order chi connectivity index (χ0) is 19.3. The Labute approximate surface area is 156 Å². The largest absolute Gasteiger partial charge is 0.447 e. The Morgan fingerprint density at radius 2 is 1.86 bits per heavy atom. The van der Waals surface area contributed by atoms with Gasteiger partial charge < -0.3 is 18.7 Å². The molecule has 2 saturated heterocycles. The van der Waals surface area contributed by atoms with E-state index in [-0.39, 0.29) is 36.6 Å². The Morgan fingerprint density at radius 3 is 2.61 bits per heavy atom. The normalized spacial score (nSPS) is 20.3. The lowest BCUT2D eigenvalue weighted by molar-refractivity contribution is -0.0467. The van der Waals surface area contributed by atoms with Crippen LogP contribution in [-0.2, 0) is 14.2 Å². The topological polar surface area (TPSA) is 86.9 Å². The molecule has 0 aliphatic carbocycles. The van der Waals surface area contributed by atoms with Crippen molar-refractivity contribution in [2.45, 2.75) is 12.3 Å². The lowest BCUT2D eigenvalue weighted by Gasteiger charge is -2.19. The molecule has 2 aromatic heterocycles. The van der Waals surface area contributed by atoms with E-state index in [1.54, 1.807) is 24.5 Å². The molecule has 0 radical (unpaired) electrons. The molecule has 1 aromatic carbocycles. The lowest BCUT2D eigenvalue weighted by Crippen LogP contribution is -2.27.